The fourth-order valence-corrected chi connectivity index (χ4v) is 2.34. The Balaban J connectivity index is 1.71. The monoisotopic (exact) mass is 334 g/mol. The van der Waals surface area contributed by atoms with Gasteiger partial charge in [0.2, 0.25) is 0 Å². The van der Waals surface area contributed by atoms with E-state index in [2.05, 4.69) is 0 Å². The first-order chi connectivity index (χ1) is 12.0. The van der Waals surface area contributed by atoms with Gasteiger partial charge in [-0.1, -0.05) is 17.7 Å². The maximum Gasteiger partial charge on any atom is 0.127 e. The molecular formula is C20H18N2O3-2. The normalized spacial score (nSPS) is 10.4. The summed E-state index contributed by atoms with van der Waals surface area (Å²) in [6.45, 7) is 2.02. The standard InChI is InChI=1S/C20H18N2O3/c1-15-3-11-19(12-4-15)25-20-13-9-18(10-14-20)22(24)17-7-5-16(6-8-17)21(2)23/h3-14H,1-2H3/q-2. The molecule has 25 heavy (non-hydrogen) atoms. The number of ether oxygens (including phenoxy) is 1. The van der Waals surface area contributed by atoms with E-state index in [9.17, 15) is 10.4 Å². The minimum absolute atomic E-state index is 0.456. The number of benzene rings is 3. The number of anilines is 3. The minimum atomic E-state index is 0.456. The van der Waals surface area contributed by atoms with Gasteiger partial charge in [0.1, 0.15) is 11.5 Å². The fourth-order valence-electron chi connectivity index (χ4n) is 2.34. The molecule has 3 rings (SSSR count). The van der Waals surface area contributed by atoms with Gasteiger partial charge in [0.15, 0.2) is 0 Å². The minimum Gasteiger partial charge on any atom is -0.758 e. The third-order valence-corrected chi connectivity index (χ3v) is 3.78. The van der Waals surface area contributed by atoms with Crippen molar-refractivity contribution in [3.63, 3.8) is 0 Å². The molecule has 3 aromatic rings. The van der Waals surface area contributed by atoms with Crippen LogP contribution in [0.3, 0.4) is 0 Å². The molecule has 0 fully saturated rings. The molecule has 0 amide bonds. The maximum absolute atomic E-state index is 12.4. The van der Waals surface area contributed by atoms with Crippen molar-refractivity contribution in [2.75, 3.05) is 17.2 Å². The van der Waals surface area contributed by atoms with Crippen LogP contribution in [0.5, 0.6) is 11.5 Å². The maximum atomic E-state index is 12.4. The molecule has 3 aromatic carbocycles. The van der Waals surface area contributed by atoms with Gasteiger partial charge in [-0.2, -0.15) is 0 Å². The lowest BCUT2D eigenvalue weighted by atomic mass is 10.2. The number of rotatable bonds is 5. The SMILES string of the molecule is Cc1ccc(Oc2ccc(N([O-])c3ccc(N(C)[O-])cc3)cc2)cc1. The van der Waals surface area contributed by atoms with Crippen molar-refractivity contribution in [2.45, 2.75) is 6.92 Å². The Morgan fingerprint density at radius 1 is 0.640 bits per heavy atom. The van der Waals surface area contributed by atoms with Crippen LogP contribution in [-0.2, 0) is 0 Å². The van der Waals surface area contributed by atoms with Gasteiger partial charge in [-0.15, -0.1) is 0 Å². The highest BCUT2D eigenvalue weighted by Gasteiger charge is 2.02. The topological polar surface area (TPSA) is 61.8 Å². The summed E-state index contributed by atoms with van der Waals surface area (Å²) in [6, 6.07) is 21.1. The van der Waals surface area contributed by atoms with Gasteiger partial charge in [-0.25, -0.2) is 0 Å². The van der Waals surface area contributed by atoms with E-state index >= 15 is 0 Å². The Hall–Kier alpha value is -3.02. The average Bonchev–Trinajstić information content (AvgIpc) is 2.64. The van der Waals surface area contributed by atoms with Gasteiger partial charge in [-0.05, 0) is 74.6 Å². The summed E-state index contributed by atoms with van der Waals surface area (Å²) in [5.74, 6) is 1.40. The number of hydrogen-bond acceptors (Lipinski definition) is 5. The Morgan fingerprint density at radius 3 is 1.52 bits per heavy atom. The first kappa shape index (κ1) is 16.8. The molecule has 5 heteroatoms. The van der Waals surface area contributed by atoms with E-state index in [1.54, 1.807) is 48.5 Å². The van der Waals surface area contributed by atoms with Crippen LogP contribution in [0.25, 0.3) is 0 Å². The molecule has 0 saturated carbocycles. The summed E-state index contributed by atoms with van der Waals surface area (Å²) < 4.78 is 5.76. The summed E-state index contributed by atoms with van der Waals surface area (Å²) in [5.41, 5.74) is 2.61. The Kier molecular flexibility index (Phi) is 4.88. The van der Waals surface area contributed by atoms with E-state index < -0.39 is 0 Å². The van der Waals surface area contributed by atoms with Crippen LogP contribution >= 0.6 is 0 Å². The number of hydrogen-bond donors (Lipinski definition) is 0. The van der Waals surface area contributed by atoms with E-state index in [0.717, 1.165) is 15.9 Å². The van der Waals surface area contributed by atoms with Crippen LogP contribution in [0.15, 0.2) is 72.8 Å². The first-order valence-corrected chi connectivity index (χ1v) is 7.86. The van der Waals surface area contributed by atoms with Gasteiger partial charge < -0.3 is 25.3 Å². The second-order valence-electron chi connectivity index (χ2n) is 5.72. The van der Waals surface area contributed by atoms with Crippen LogP contribution in [-0.4, -0.2) is 7.05 Å². The summed E-state index contributed by atoms with van der Waals surface area (Å²) in [4.78, 5) is 0. The smallest absolute Gasteiger partial charge is 0.127 e. The lowest BCUT2D eigenvalue weighted by Gasteiger charge is -2.32. The van der Waals surface area contributed by atoms with Crippen molar-refractivity contribution in [1.29, 1.82) is 0 Å². The molecule has 0 unspecified atom stereocenters. The van der Waals surface area contributed by atoms with E-state index in [1.165, 1.54) is 12.6 Å². The molecule has 0 atom stereocenters. The zero-order valence-corrected chi connectivity index (χ0v) is 14.0. The van der Waals surface area contributed by atoms with Crippen molar-refractivity contribution in [1.82, 2.24) is 0 Å². The van der Waals surface area contributed by atoms with Crippen LogP contribution in [0.1, 0.15) is 5.56 Å². The van der Waals surface area contributed by atoms with E-state index in [1.807, 2.05) is 31.2 Å². The predicted octanol–water partition coefficient (Wildman–Crippen LogP) is 5.36. The molecule has 0 heterocycles. The molecule has 0 bridgehead atoms. The predicted molar refractivity (Wildman–Crippen MR) is 101 cm³/mol. The lowest BCUT2D eigenvalue weighted by Crippen LogP contribution is -2.08. The number of aryl methyl sites for hydroxylation is 1. The first-order valence-electron chi connectivity index (χ1n) is 7.86. The van der Waals surface area contributed by atoms with Crippen molar-refractivity contribution in [3.05, 3.63) is 88.8 Å². The van der Waals surface area contributed by atoms with Crippen molar-refractivity contribution >= 4 is 17.1 Å². The van der Waals surface area contributed by atoms with Crippen LogP contribution < -0.4 is 14.9 Å². The molecule has 0 saturated heterocycles. The van der Waals surface area contributed by atoms with Crippen LogP contribution in [0.4, 0.5) is 17.1 Å². The van der Waals surface area contributed by atoms with Crippen LogP contribution in [0.2, 0.25) is 0 Å². The second-order valence-corrected chi connectivity index (χ2v) is 5.72. The molecule has 0 aromatic heterocycles. The van der Waals surface area contributed by atoms with Gasteiger partial charge in [0.25, 0.3) is 0 Å². The quantitative estimate of drug-likeness (QED) is 0.588. The zero-order chi connectivity index (χ0) is 17.8. The summed E-state index contributed by atoms with van der Waals surface area (Å²) in [6.07, 6.45) is 0. The highest BCUT2D eigenvalue weighted by Crippen LogP contribution is 2.29. The van der Waals surface area contributed by atoms with Gasteiger partial charge >= 0.3 is 0 Å². The molecule has 0 aliphatic rings. The third-order valence-electron chi connectivity index (χ3n) is 3.78. The molecule has 0 aliphatic heterocycles. The Bertz CT molecular complexity index is 813. The lowest BCUT2D eigenvalue weighted by molar-refractivity contribution is 0.482. The van der Waals surface area contributed by atoms with E-state index in [0.29, 0.717) is 22.8 Å². The van der Waals surface area contributed by atoms with Crippen molar-refractivity contribution in [3.8, 4) is 11.5 Å². The second kappa shape index (κ2) is 7.25. The highest BCUT2D eigenvalue weighted by atomic mass is 16.5. The molecule has 5 nitrogen and oxygen atoms in total. The molecule has 0 spiro atoms. The molecule has 0 aliphatic carbocycles. The fraction of sp³-hybridized carbons (Fsp3) is 0.100. The van der Waals surface area contributed by atoms with Gasteiger partial charge in [0, 0.05) is 17.1 Å². The Labute approximate surface area is 146 Å². The summed E-state index contributed by atoms with van der Waals surface area (Å²) in [5, 5.41) is 25.2. The van der Waals surface area contributed by atoms with E-state index in [4.69, 9.17) is 4.74 Å². The summed E-state index contributed by atoms with van der Waals surface area (Å²) in [7, 11) is 1.41. The number of nitrogens with zero attached hydrogens (tertiary/aromatic N) is 2. The molecule has 0 radical (unpaired) electrons. The van der Waals surface area contributed by atoms with E-state index in [-0.39, 0.29) is 0 Å². The summed E-state index contributed by atoms with van der Waals surface area (Å²) >= 11 is 0. The Morgan fingerprint density at radius 2 is 1.04 bits per heavy atom. The van der Waals surface area contributed by atoms with Crippen molar-refractivity contribution in [2.24, 2.45) is 0 Å². The zero-order valence-electron chi connectivity index (χ0n) is 14.0. The average molecular weight is 334 g/mol. The van der Waals surface area contributed by atoms with Gasteiger partial charge in [-0.3, -0.25) is 0 Å². The molecular weight excluding hydrogens is 316 g/mol. The van der Waals surface area contributed by atoms with Gasteiger partial charge in [0.05, 0.1) is 0 Å². The van der Waals surface area contributed by atoms with Crippen LogP contribution in [0, 0.1) is 17.3 Å². The highest BCUT2D eigenvalue weighted by molar-refractivity contribution is 5.67. The van der Waals surface area contributed by atoms with Crippen molar-refractivity contribution < 1.29 is 4.74 Å². The third kappa shape index (κ3) is 4.09. The largest absolute Gasteiger partial charge is 0.758 e. The number of hydroxylamine groups is 1. The molecule has 0 N–H and O–H groups in total. The molecule has 128 valence electrons.